The molecule has 158 valence electrons. The van der Waals surface area contributed by atoms with Crippen molar-refractivity contribution < 1.29 is 9.52 Å². The third kappa shape index (κ3) is 4.81. The van der Waals surface area contributed by atoms with E-state index in [1.54, 1.807) is 17.4 Å². The molecule has 2 atom stereocenters. The SMILES string of the molecule is CCC(c1ccc(C)s1)c1c(O)cc(C(Cc2ccc(Cl)cc2)CC2CC2)oc1=O. The third-order valence-electron chi connectivity index (χ3n) is 5.96. The van der Waals surface area contributed by atoms with E-state index in [2.05, 4.69) is 0 Å². The topological polar surface area (TPSA) is 50.4 Å². The van der Waals surface area contributed by atoms with Crippen LogP contribution in [0.5, 0.6) is 5.75 Å². The fourth-order valence-corrected chi connectivity index (χ4v) is 5.38. The van der Waals surface area contributed by atoms with E-state index in [-0.39, 0.29) is 17.6 Å². The molecule has 2 heterocycles. The van der Waals surface area contributed by atoms with Crippen LogP contribution in [0.1, 0.15) is 71.1 Å². The second kappa shape index (κ2) is 8.99. The molecule has 2 unspecified atom stereocenters. The van der Waals surface area contributed by atoms with Gasteiger partial charge in [-0.15, -0.1) is 11.3 Å². The Labute approximate surface area is 186 Å². The summed E-state index contributed by atoms with van der Waals surface area (Å²) in [6.07, 6.45) is 4.90. The van der Waals surface area contributed by atoms with Gasteiger partial charge >= 0.3 is 5.63 Å². The van der Waals surface area contributed by atoms with Gasteiger partial charge in [0.2, 0.25) is 0 Å². The minimum atomic E-state index is -0.417. The molecular weight excluding hydrogens is 416 g/mol. The fourth-order valence-electron chi connectivity index (χ4n) is 4.18. The van der Waals surface area contributed by atoms with Gasteiger partial charge in [-0.05, 0) is 61.9 Å². The van der Waals surface area contributed by atoms with Gasteiger partial charge in [0.1, 0.15) is 11.5 Å². The van der Waals surface area contributed by atoms with E-state index in [1.165, 1.54) is 17.7 Å². The lowest BCUT2D eigenvalue weighted by atomic mass is 9.90. The molecule has 1 aliphatic carbocycles. The molecule has 3 nitrogen and oxygen atoms in total. The molecule has 30 heavy (non-hydrogen) atoms. The van der Waals surface area contributed by atoms with Crippen molar-refractivity contribution in [1.29, 1.82) is 0 Å². The Morgan fingerprint density at radius 1 is 1.20 bits per heavy atom. The smallest absolute Gasteiger partial charge is 0.343 e. The number of aromatic hydroxyl groups is 1. The van der Waals surface area contributed by atoms with Gasteiger partial charge in [-0.1, -0.05) is 43.5 Å². The van der Waals surface area contributed by atoms with Crippen LogP contribution in [-0.4, -0.2) is 5.11 Å². The lowest BCUT2D eigenvalue weighted by Gasteiger charge is -2.19. The van der Waals surface area contributed by atoms with Crippen molar-refractivity contribution in [3.05, 3.63) is 84.5 Å². The third-order valence-corrected chi connectivity index (χ3v) is 7.33. The molecule has 3 aromatic rings. The van der Waals surface area contributed by atoms with Crippen LogP contribution < -0.4 is 5.63 Å². The molecule has 2 aromatic heterocycles. The highest BCUT2D eigenvalue weighted by Gasteiger charge is 2.30. The summed E-state index contributed by atoms with van der Waals surface area (Å²) in [5.41, 5.74) is 1.11. The molecule has 1 aliphatic rings. The van der Waals surface area contributed by atoms with Crippen LogP contribution in [0.2, 0.25) is 5.02 Å². The lowest BCUT2D eigenvalue weighted by molar-refractivity contribution is 0.372. The normalized spacial score (nSPS) is 15.8. The van der Waals surface area contributed by atoms with Gasteiger partial charge in [0.05, 0.1) is 5.56 Å². The second-order valence-electron chi connectivity index (χ2n) is 8.35. The zero-order chi connectivity index (χ0) is 21.3. The largest absolute Gasteiger partial charge is 0.507 e. The number of halogens is 1. The summed E-state index contributed by atoms with van der Waals surface area (Å²) >= 11 is 7.68. The average molecular weight is 443 g/mol. The highest BCUT2D eigenvalue weighted by molar-refractivity contribution is 7.12. The number of thiophene rings is 1. The maximum absolute atomic E-state index is 13.0. The number of hydrogen-bond donors (Lipinski definition) is 1. The zero-order valence-corrected chi connectivity index (χ0v) is 18.9. The van der Waals surface area contributed by atoms with Crippen LogP contribution in [0, 0.1) is 12.8 Å². The number of aryl methyl sites for hydroxylation is 1. The van der Waals surface area contributed by atoms with Crippen molar-refractivity contribution in [2.75, 3.05) is 0 Å². The van der Waals surface area contributed by atoms with Crippen LogP contribution in [0.25, 0.3) is 0 Å². The number of benzene rings is 1. The van der Waals surface area contributed by atoms with Crippen LogP contribution in [0.4, 0.5) is 0 Å². The van der Waals surface area contributed by atoms with Gasteiger partial charge in [0.15, 0.2) is 0 Å². The van der Waals surface area contributed by atoms with E-state index in [9.17, 15) is 9.90 Å². The summed E-state index contributed by atoms with van der Waals surface area (Å²) in [5.74, 6) is 1.23. The molecule has 0 aliphatic heterocycles. The minimum absolute atomic E-state index is 0.0519. The van der Waals surface area contributed by atoms with Crippen molar-refractivity contribution in [2.45, 2.75) is 57.8 Å². The molecule has 0 amide bonds. The van der Waals surface area contributed by atoms with Gasteiger partial charge in [0.25, 0.3) is 0 Å². The number of hydrogen-bond acceptors (Lipinski definition) is 4. The number of rotatable bonds is 8. The standard InChI is InChI=1S/C25H27ClO3S/c1-3-20(23-11-4-15(2)30-23)24-21(27)14-22(29-25(24)28)18(12-16-5-6-16)13-17-7-9-19(26)10-8-17/h4,7-11,14,16,18,20,27H,3,5-6,12-13H2,1-2H3. The monoisotopic (exact) mass is 442 g/mol. The van der Waals surface area contributed by atoms with Gasteiger partial charge in [-0.25, -0.2) is 4.79 Å². The van der Waals surface area contributed by atoms with Crippen LogP contribution in [0.3, 0.4) is 0 Å². The summed E-state index contributed by atoms with van der Waals surface area (Å²) in [5, 5.41) is 11.6. The first-order valence-corrected chi connectivity index (χ1v) is 11.8. The fraction of sp³-hybridized carbons (Fsp3) is 0.400. The summed E-state index contributed by atoms with van der Waals surface area (Å²) < 4.78 is 5.85. The Balaban J connectivity index is 1.66. The molecular formula is C25H27ClO3S. The van der Waals surface area contributed by atoms with Crippen molar-refractivity contribution in [2.24, 2.45) is 5.92 Å². The van der Waals surface area contributed by atoms with E-state index in [4.69, 9.17) is 16.0 Å². The molecule has 1 N–H and O–H groups in total. The Morgan fingerprint density at radius 3 is 2.50 bits per heavy atom. The highest BCUT2D eigenvalue weighted by Crippen LogP contribution is 2.42. The Kier molecular flexibility index (Phi) is 6.35. The van der Waals surface area contributed by atoms with Crippen molar-refractivity contribution in [3.63, 3.8) is 0 Å². The predicted molar refractivity (Wildman–Crippen MR) is 123 cm³/mol. The average Bonchev–Trinajstić information content (AvgIpc) is 3.43. The second-order valence-corrected chi connectivity index (χ2v) is 10.1. The van der Waals surface area contributed by atoms with E-state index < -0.39 is 5.63 Å². The van der Waals surface area contributed by atoms with E-state index in [0.29, 0.717) is 22.3 Å². The van der Waals surface area contributed by atoms with Gasteiger partial charge in [-0.3, -0.25) is 0 Å². The Morgan fingerprint density at radius 2 is 1.93 bits per heavy atom. The Bertz CT molecular complexity index is 1060. The summed E-state index contributed by atoms with van der Waals surface area (Å²) in [4.78, 5) is 15.3. The van der Waals surface area contributed by atoms with Crippen LogP contribution in [-0.2, 0) is 6.42 Å². The molecule has 4 rings (SSSR count). The van der Waals surface area contributed by atoms with Gasteiger partial charge in [-0.2, -0.15) is 0 Å². The molecule has 0 bridgehead atoms. The van der Waals surface area contributed by atoms with E-state index in [0.717, 1.165) is 29.7 Å². The molecule has 1 fully saturated rings. The molecule has 5 heteroatoms. The minimum Gasteiger partial charge on any atom is -0.507 e. The van der Waals surface area contributed by atoms with E-state index in [1.807, 2.05) is 50.2 Å². The highest BCUT2D eigenvalue weighted by atomic mass is 35.5. The molecule has 0 spiro atoms. The first kappa shape index (κ1) is 21.2. The molecule has 0 radical (unpaired) electrons. The first-order chi connectivity index (χ1) is 14.4. The summed E-state index contributed by atoms with van der Waals surface area (Å²) in [7, 11) is 0. The summed E-state index contributed by atoms with van der Waals surface area (Å²) in [6, 6.07) is 13.6. The van der Waals surface area contributed by atoms with Crippen molar-refractivity contribution >= 4 is 22.9 Å². The summed E-state index contributed by atoms with van der Waals surface area (Å²) in [6.45, 7) is 4.08. The quantitative estimate of drug-likeness (QED) is 0.407. The van der Waals surface area contributed by atoms with Crippen LogP contribution >= 0.6 is 22.9 Å². The predicted octanol–water partition coefficient (Wildman–Crippen LogP) is 7.04. The lowest BCUT2D eigenvalue weighted by Crippen LogP contribution is -2.16. The molecule has 1 saturated carbocycles. The maximum atomic E-state index is 13.0. The first-order valence-electron chi connectivity index (χ1n) is 10.6. The van der Waals surface area contributed by atoms with E-state index >= 15 is 0 Å². The van der Waals surface area contributed by atoms with Crippen molar-refractivity contribution in [1.82, 2.24) is 0 Å². The van der Waals surface area contributed by atoms with Crippen molar-refractivity contribution in [3.8, 4) is 5.75 Å². The Hall–Kier alpha value is -2.04. The molecule has 0 saturated heterocycles. The molecule has 1 aromatic carbocycles. The van der Waals surface area contributed by atoms with Gasteiger partial charge in [0, 0.05) is 32.7 Å². The zero-order valence-electron chi connectivity index (χ0n) is 17.4. The maximum Gasteiger partial charge on any atom is 0.343 e. The van der Waals surface area contributed by atoms with Crippen LogP contribution in [0.15, 0.2) is 51.7 Å². The van der Waals surface area contributed by atoms with Gasteiger partial charge < -0.3 is 9.52 Å².